The molecule has 0 spiro atoms. The van der Waals surface area contributed by atoms with Gasteiger partial charge in [-0.2, -0.15) is 0 Å². The van der Waals surface area contributed by atoms with Crippen LogP contribution in [-0.4, -0.2) is 26.1 Å². The molecule has 0 saturated heterocycles. The lowest BCUT2D eigenvalue weighted by Gasteiger charge is -2.13. The van der Waals surface area contributed by atoms with Gasteiger partial charge in [-0.05, 0) is 32.3 Å². The summed E-state index contributed by atoms with van der Waals surface area (Å²) in [7, 11) is 5.70. The van der Waals surface area contributed by atoms with Crippen LogP contribution in [0.3, 0.4) is 0 Å². The van der Waals surface area contributed by atoms with Crippen LogP contribution in [0.15, 0.2) is 18.2 Å². The predicted octanol–water partition coefficient (Wildman–Crippen LogP) is 2.41. The molecule has 2 nitrogen and oxygen atoms in total. The summed E-state index contributed by atoms with van der Waals surface area (Å²) in [4.78, 5) is 2.08. The van der Waals surface area contributed by atoms with Crippen molar-refractivity contribution in [2.45, 2.75) is 6.54 Å². The molecule has 72 valence electrons. The van der Waals surface area contributed by atoms with Crippen molar-refractivity contribution in [2.75, 3.05) is 21.2 Å². The van der Waals surface area contributed by atoms with Crippen molar-refractivity contribution >= 4 is 11.6 Å². The third-order valence-corrected chi connectivity index (χ3v) is 1.96. The molecule has 1 aromatic rings. The number of hydrogen-bond acceptors (Lipinski definition) is 2. The third-order valence-electron chi connectivity index (χ3n) is 1.73. The van der Waals surface area contributed by atoms with Gasteiger partial charge in [0.2, 0.25) is 0 Å². The second-order valence-electron chi connectivity index (χ2n) is 3.19. The molecule has 0 aliphatic rings. The maximum Gasteiger partial charge on any atom is 0.123 e. The van der Waals surface area contributed by atoms with Gasteiger partial charge in [0, 0.05) is 17.1 Å². The van der Waals surface area contributed by atoms with Crippen LogP contribution in [0, 0.1) is 0 Å². The monoisotopic (exact) mass is 199 g/mol. The Labute approximate surface area is 84.1 Å². The van der Waals surface area contributed by atoms with Gasteiger partial charge in [-0.25, -0.2) is 0 Å². The first-order valence-corrected chi connectivity index (χ1v) is 4.48. The Bertz CT molecular complexity index is 286. The van der Waals surface area contributed by atoms with E-state index in [1.165, 1.54) is 0 Å². The molecular weight excluding hydrogens is 186 g/mol. The first-order valence-electron chi connectivity index (χ1n) is 4.10. The topological polar surface area (TPSA) is 12.5 Å². The van der Waals surface area contributed by atoms with Gasteiger partial charge in [0.1, 0.15) is 5.75 Å². The number of methoxy groups -OCH3 is 1. The van der Waals surface area contributed by atoms with Gasteiger partial charge >= 0.3 is 0 Å². The van der Waals surface area contributed by atoms with Crippen LogP contribution in [0.4, 0.5) is 0 Å². The Balaban J connectivity index is 2.94. The van der Waals surface area contributed by atoms with Gasteiger partial charge in [-0.3, -0.25) is 0 Å². The molecule has 3 heteroatoms. The fourth-order valence-electron chi connectivity index (χ4n) is 1.21. The fourth-order valence-corrected chi connectivity index (χ4v) is 1.41. The minimum atomic E-state index is 0.748. The van der Waals surface area contributed by atoms with Gasteiger partial charge in [0.25, 0.3) is 0 Å². The summed E-state index contributed by atoms with van der Waals surface area (Å²) < 4.78 is 5.22. The van der Waals surface area contributed by atoms with Crippen molar-refractivity contribution in [1.82, 2.24) is 4.90 Å². The number of nitrogens with zero attached hydrogens (tertiary/aromatic N) is 1. The maximum atomic E-state index is 5.88. The van der Waals surface area contributed by atoms with Crippen LogP contribution in [0.1, 0.15) is 5.56 Å². The Morgan fingerprint density at radius 2 is 2.08 bits per heavy atom. The van der Waals surface area contributed by atoms with Crippen LogP contribution < -0.4 is 4.74 Å². The standard InChI is InChI=1S/C10H14ClNO/c1-12(2)7-8-6-9(11)4-5-10(8)13-3/h4-6H,7H2,1-3H3. The fraction of sp³-hybridized carbons (Fsp3) is 0.400. The molecule has 0 fully saturated rings. The van der Waals surface area contributed by atoms with E-state index in [1.54, 1.807) is 7.11 Å². The minimum absolute atomic E-state index is 0.748. The highest BCUT2D eigenvalue weighted by atomic mass is 35.5. The number of hydrogen-bond donors (Lipinski definition) is 0. The first kappa shape index (κ1) is 10.4. The van der Waals surface area contributed by atoms with E-state index in [1.807, 2.05) is 32.3 Å². The van der Waals surface area contributed by atoms with Crippen molar-refractivity contribution in [3.63, 3.8) is 0 Å². The molecule has 0 atom stereocenters. The highest BCUT2D eigenvalue weighted by molar-refractivity contribution is 6.30. The van der Waals surface area contributed by atoms with Gasteiger partial charge in [0.05, 0.1) is 7.11 Å². The van der Waals surface area contributed by atoms with E-state index >= 15 is 0 Å². The quantitative estimate of drug-likeness (QED) is 0.742. The van der Waals surface area contributed by atoms with E-state index in [9.17, 15) is 0 Å². The molecule has 0 aliphatic heterocycles. The second-order valence-corrected chi connectivity index (χ2v) is 3.63. The first-order chi connectivity index (χ1) is 6.13. The van der Waals surface area contributed by atoms with E-state index < -0.39 is 0 Å². The summed E-state index contributed by atoms with van der Waals surface area (Å²) in [5, 5.41) is 0.748. The minimum Gasteiger partial charge on any atom is -0.496 e. The van der Waals surface area contributed by atoms with Crippen LogP contribution >= 0.6 is 11.6 Å². The molecule has 1 aromatic carbocycles. The molecule has 0 aliphatic carbocycles. The molecular formula is C10H14ClNO. The molecule has 0 N–H and O–H groups in total. The molecule has 0 saturated carbocycles. The lowest BCUT2D eigenvalue weighted by molar-refractivity contribution is 0.372. The lowest BCUT2D eigenvalue weighted by atomic mass is 10.2. The molecule has 0 bridgehead atoms. The van der Waals surface area contributed by atoms with Crippen molar-refractivity contribution < 1.29 is 4.74 Å². The zero-order chi connectivity index (χ0) is 9.84. The molecule has 0 radical (unpaired) electrons. The normalized spacial score (nSPS) is 10.5. The van der Waals surface area contributed by atoms with Crippen molar-refractivity contribution in [2.24, 2.45) is 0 Å². The highest BCUT2D eigenvalue weighted by Crippen LogP contribution is 2.23. The second kappa shape index (κ2) is 4.49. The third kappa shape index (κ3) is 2.90. The van der Waals surface area contributed by atoms with Crippen LogP contribution in [-0.2, 0) is 6.54 Å². The summed E-state index contributed by atoms with van der Waals surface area (Å²) in [6.07, 6.45) is 0. The summed E-state index contributed by atoms with van der Waals surface area (Å²) >= 11 is 5.88. The molecule has 13 heavy (non-hydrogen) atoms. The number of ether oxygens (including phenoxy) is 1. The number of rotatable bonds is 3. The molecule has 0 aromatic heterocycles. The van der Waals surface area contributed by atoms with Gasteiger partial charge in [0.15, 0.2) is 0 Å². The molecule has 0 heterocycles. The zero-order valence-electron chi connectivity index (χ0n) is 8.17. The van der Waals surface area contributed by atoms with Crippen molar-refractivity contribution in [1.29, 1.82) is 0 Å². The molecule has 0 amide bonds. The Hall–Kier alpha value is -0.730. The van der Waals surface area contributed by atoms with Gasteiger partial charge < -0.3 is 9.64 Å². The number of halogens is 1. The van der Waals surface area contributed by atoms with Crippen LogP contribution in [0.25, 0.3) is 0 Å². The predicted molar refractivity (Wildman–Crippen MR) is 55.4 cm³/mol. The van der Waals surface area contributed by atoms with Crippen LogP contribution in [0.2, 0.25) is 5.02 Å². The smallest absolute Gasteiger partial charge is 0.123 e. The SMILES string of the molecule is COc1ccc(Cl)cc1CN(C)C. The van der Waals surface area contributed by atoms with E-state index in [0.29, 0.717) is 0 Å². The van der Waals surface area contributed by atoms with Gasteiger partial charge in [-0.15, -0.1) is 0 Å². The van der Waals surface area contributed by atoms with Crippen molar-refractivity contribution in [3.05, 3.63) is 28.8 Å². The zero-order valence-corrected chi connectivity index (χ0v) is 8.93. The Morgan fingerprint density at radius 1 is 1.38 bits per heavy atom. The summed E-state index contributed by atoms with van der Waals surface area (Å²) in [5.74, 6) is 0.887. The molecule has 1 rings (SSSR count). The Kier molecular flexibility index (Phi) is 3.58. The van der Waals surface area contributed by atoms with Crippen molar-refractivity contribution in [3.8, 4) is 5.75 Å². The summed E-state index contributed by atoms with van der Waals surface area (Å²) in [6, 6.07) is 5.65. The Morgan fingerprint density at radius 3 is 2.62 bits per heavy atom. The van der Waals surface area contributed by atoms with Gasteiger partial charge in [-0.1, -0.05) is 11.6 Å². The van der Waals surface area contributed by atoms with E-state index in [0.717, 1.165) is 22.9 Å². The molecule has 0 unspecified atom stereocenters. The summed E-state index contributed by atoms with van der Waals surface area (Å²) in [5.41, 5.74) is 1.11. The van der Waals surface area contributed by atoms with Crippen LogP contribution in [0.5, 0.6) is 5.75 Å². The lowest BCUT2D eigenvalue weighted by Crippen LogP contribution is -2.11. The average molecular weight is 200 g/mol. The average Bonchev–Trinajstić information content (AvgIpc) is 2.03. The van der Waals surface area contributed by atoms with E-state index in [4.69, 9.17) is 16.3 Å². The largest absolute Gasteiger partial charge is 0.496 e. The van der Waals surface area contributed by atoms with E-state index in [-0.39, 0.29) is 0 Å². The van der Waals surface area contributed by atoms with E-state index in [2.05, 4.69) is 4.90 Å². The maximum absolute atomic E-state index is 5.88. The summed E-state index contributed by atoms with van der Waals surface area (Å²) in [6.45, 7) is 0.837. The number of benzene rings is 1. The highest BCUT2D eigenvalue weighted by Gasteiger charge is 2.04.